The molecule has 1 aliphatic heterocycles. The first kappa shape index (κ1) is 16.7. The van der Waals surface area contributed by atoms with Gasteiger partial charge in [-0.25, -0.2) is 13.8 Å². The molecule has 1 amide bonds. The topological polar surface area (TPSA) is 101 Å². The van der Waals surface area contributed by atoms with Gasteiger partial charge >= 0.3 is 0 Å². The standard InChI is InChI=1S/C17H18F2N4O3/c18-17(19)6-12(17)15(24)23-5-1-2-9(8-23)22-13-10-3-4-20-14(10)21-7-11(13)16(25)26/h3-4,7,9,12H,1-2,5-6,8H2,(H,25,26)(H2,20,21,22)/p-1/t9-,12+/m1/s1. The zero-order valence-corrected chi connectivity index (χ0v) is 13.8. The van der Waals surface area contributed by atoms with Crippen LogP contribution in [-0.2, 0) is 4.79 Å². The third kappa shape index (κ3) is 2.87. The summed E-state index contributed by atoms with van der Waals surface area (Å²) >= 11 is 0. The van der Waals surface area contributed by atoms with Gasteiger partial charge in [-0.05, 0) is 18.9 Å². The van der Waals surface area contributed by atoms with Gasteiger partial charge in [-0.3, -0.25) is 4.79 Å². The first-order valence-electron chi connectivity index (χ1n) is 8.47. The molecule has 7 nitrogen and oxygen atoms in total. The predicted molar refractivity (Wildman–Crippen MR) is 86.7 cm³/mol. The molecule has 2 aliphatic rings. The Kier molecular flexibility index (Phi) is 3.82. The number of H-pyrrole nitrogens is 1. The number of amides is 1. The van der Waals surface area contributed by atoms with E-state index in [9.17, 15) is 23.5 Å². The summed E-state index contributed by atoms with van der Waals surface area (Å²) in [5.74, 6) is -5.98. The van der Waals surface area contributed by atoms with Crippen LogP contribution in [-0.4, -0.2) is 51.8 Å². The van der Waals surface area contributed by atoms with E-state index >= 15 is 0 Å². The Morgan fingerprint density at radius 2 is 2.19 bits per heavy atom. The number of anilines is 1. The van der Waals surface area contributed by atoms with Crippen molar-refractivity contribution in [3.63, 3.8) is 0 Å². The number of carbonyl (C=O) groups excluding carboxylic acids is 2. The number of nitrogens with zero attached hydrogens (tertiary/aromatic N) is 2. The SMILES string of the molecule is O=C([O-])c1cnc2[nH]ccc2c1N[C@@H]1CCCN(C(=O)[C@@H]2CC2(F)F)C1. The second-order valence-electron chi connectivity index (χ2n) is 6.86. The Labute approximate surface area is 147 Å². The van der Waals surface area contributed by atoms with Crippen LogP contribution < -0.4 is 10.4 Å². The molecule has 1 aliphatic carbocycles. The molecule has 9 heteroatoms. The number of carboxylic acids is 1. The van der Waals surface area contributed by atoms with Crippen molar-refractivity contribution in [2.75, 3.05) is 18.4 Å². The highest BCUT2D eigenvalue weighted by Crippen LogP contribution is 2.49. The van der Waals surface area contributed by atoms with Gasteiger partial charge in [-0.2, -0.15) is 0 Å². The largest absolute Gasteiger partial charge is 0.545 e. The lowest BCUT2D eigenvalue weighted by Gasteiger charge is -2.34. The van der Waals surface area contributed by atoms with E-state index < -0.39 is 23.7 Å². The number of carbonyl (C=O) groups is 2. The Balaban J connectivity index is 1.55. The number of likely N-dealkylation sites (tertiary alicyclic amines) is 1. The molecule has 3 heterocycles. The minimum absolute atomic E-state index is 0.0747. The lowest BCUT2D eigenvalue weighted by Crippen LogP contribution is -2.46. The number of pyridine rings is 1. The van der Waals surface area contributed by atoms with Gasteiger partial charge in [0.05, 0.1) is 11.7 Å². The van der Waals surface area contributed by atoms with Crippen molar-refractivity contribution in [2.45, 2.75) is 31.2 Å². The molecule has 1 saturated carbocycles. The fourth-order valence-corrected chi connectivity index (χ4v) is 3.52. The van der Waals surface area contributed by atoms with Crippen LogP contribution in [0.3, 0.4) is 0 Å². The van der Waals surface area contributed by atoms with Crippen molar-refractivity contribution in [1.82, 2.24) is 14.9 Å². The van der Waals surface area contributed by atoms with Crippen molar-refractivity contribution in [3.05, 3.63) is 24.0 Å². The van der Waals surface area contributed by atoms with Gasteiger partial charge in [0.15, 0.2) is 0 Å². The van der Waals surface area contributed by atoms with Crippen molar-refractivity contribution in [3.8, 4) is 0 Å². The quantitative estimate of drug-likeness (QED) is 0.843. The van der Waals surface area contributed by atoms with Gasteiger partial charge in [0.1, 0.15) is 11.6 Å². The van der Waals surface area contributed by atoms with Crippen LogP contribution in [0.25, 0.3) is 11.0 Å². The van der Waals surface area contributed by atoms with Gasteiger partial charge < -0.3 is 25.1 Å². The molecule has 2 aromatic heterocycles. The predicted octanol–water partition coefficient (Wildman–Crippen LogP) is 0.984. The molecule has 2 N–H and O–H groups in total. The van der Waals surface area contributed by atoms with Gasteiger partial charge in [0.25, 0.3) is 5.92 Å². The maximum atomic E-state index is 13.2. The molecule has 0 radical (unpaired) electrons. The molecule has 1 saturated heterocycles. The molecule has 4 rings (SSSR count). The average molecular weight is 363 g/mol. The number of hydrogen-bond acceptors (Lipinski definition) is 5. The molecule has 2 fully saturated rings. The number of halogens is 2. The van der Waals surface area contributed by atoms with E-state index in [4.69, 9.17) is 0 Å². The van der Waals surface area contributed by atoms with Crippen LogP contribution >= 0.6 is 0 Å². The molecular weight excluding hydrogens is 346 g/mol. The smallest absolute Gasteiger partial charge is 0.260 e. The molecule has 2 atom stereocenters. The van der Waals surface area contributed by atoms with E-state index in [0.717, 1.165) is 0 Å². The van der Waals surface area contributed by atoms with E-state index in [2.05, 4.69) is 15.3 Å². The highest BCUT2D eigenvalue weighted by atomic mass is 19.3. The van der Waals surface area contributed by atoms with Crippen LogP contribution in [0.2, 0.25) is 0 Å². The summed E-state index contributed by atoms with van der Waals surface area (Å²) < 4.78 is 26.4. The minimum atomic E-state index is -2.89. The molecule has 0 unspecified atom stereocenters. The summed E-state index contributed by atoms with van der Waals surface area (Å²) in [5, 5.41) is 15.2. The summed E-state index contributed by atoms with van der Waals surface area (Å²) in [4.78, 5) is 32.0. The zero-order valence-electron chi connectivity index (χ0n) is 13.8. The third-order valence-electron chi connectivity index (χ3n) is 5.01. The first-order chi connectivity index (χ1) is 12.4. The van der Waals surface area contributed by atoms with Crippen molar-refractivity contribution in [2.24, 2.45) is 5.92 Å². The number of piperidine rings is 1. The van der Waals surface area contributed by atoms with Crippen molar-refractivity contribution >= 4 is 28.6 Å². The summed E-state index contributed by atoms with van der Waals surface area (Å²) in [6, 6.07) is 1.46. The van der Waals surface area contributed by atoms with Crippen LogP contribution in [0.15, 0.2) is 18.5 Å². The van der Waals surface area contributed by atoms with Crippen LogP contribution in [0, 0.1) is 5.92 Å². The molecule has 0 spiro atoms. The van der Waals surface area contributed by atoms with Crippen molar-refractivity contribution in [1.29, 1.82) is 0 Å². The van der Waals surface area contributed by atoms with Crippen LogP contribution in [0.1, 0.15) is 29.6 Å². The van der Waals surface area contributed by atoms with Gasteiger partial charge in [0, 0.05) is 48.9 Å². The molecule has 2 aromatic rings. The van der Waals surface area contributed by atoms with E-state index in [1.807, 2.05) is 0 Å². The van der Waals surface area contributed by atoms with E-state index in [-0.39, 0.29) is 24.6 Å². The fourth-order valence-electron chi connectivity index (χ4n) is 3.52. The molecule has 0 aromatic carbocycles. The number of aromatic amines is 1. The summed E-state index contributed by atoms with van der Waals surface area (Å²) in [6.07, 6.45) is 3.83. The number of hydrogen-bond donors (Lipinski definition) is 2. The highest BCUT2D eigenvalue weighted by molar-refractivity contribution is 6.02. The Bertz CT molecular complexity index is 882. The second kappa shape index (κ2) is 5.93. The summed E-state index contributed by atoms with van der Waals surface area (Å²) in [5.41, 5.74) is 0.820. The normalized spacial score (nSPS) is 24.5. The molecule has 138 valence electrons. The first-order valence-corrected chi connectivity index (χ1v) is 8.47. The molecule has 0 bridgehead atoms. The Hall–Kier alpha value is -2.71. The van der Waals surface area contributed by atoms with Crippen LogP contribution in [0.4, 0.5) is 14.5 Å². The lowest BCUT2D eigenvalue weighted by atomic mass is 10.0. The van der Waals surface area contributed by atoms with Gasteiger partial charge in [-0.15, -0.1) is 0 Å². The lowest BCUT2D eigenvalue weighted by molar-refractivity contribution is -0.254. The number of aromatic nitrogens is 2. The third-order valence-corrected chi connectivity index (χ3v) is 5.01. The monoisotopic (exact) mass is 363 g/mol. The molecule has 26 heavy (non-hydrogen) atoms. The van der Waals surface area contributed by atoms with Gasteiger partial charge in [-0.1, -0.05) is 0 Å². The average Bonchev–Trinajstić information content (AvgIpc) is 3.02. The number of carboxylic acid groups (broad SMARTS) is 1. The van der Waals surface area contributed by atoms with E-state index in [0.29, 0.717) is 36.1 Å². The number of aromatic carboxylic acids is 1. The minimum Gasteiger partial charge on any atom is -0.545 e. The second-order valence-corrected chi connectivity index (χ2v) is 6.86. The maximum Gasteiger partial charge on any atom is 0.260 e. The van der Waals surface area contributed by atoms with Crippen LogP contribution in [0.5, 0.6) is 0 Å². The Morgan fingerprint density at radius 1 is 1.42 bits per heavy atom. The fraction of sp³-hybridized carbons (Fsp3) is 0.471. The van der Waals surface area contributed by atoms with E-state index in [1.165, 1.54) is 11.1 Å². The summed E-state index contributed by atoms with van der Waals surface area (Å²) in [6.45, 7) is 0.693. The summed E-state index contributed by atoms with van der Waals surface area (Å²) in [7, 11) is 0. The van der Waals surface area contributed by atoms with E-state index in [1.54, 1.807) is 12.3 Å². The zero-order chi connectivity index (χ0) is 18.5. The van der Waals surface area contributed by atoms with Crippen molar-refractivity contribution < 1.29 is 23.5 Å². The highest BCUT2D eigenvalue weighted by Gasteiger charge is 2.62. The maximum absolute atomic E-state index is 13.2. The molecular formula is C17H17F2N4O3-. The Morgan fingerprint density at radius 3 is 2.88 bits per heavy atom. The number of nitrogens with one attached hydrogen (secondary N) is 2. The van der Waals surface area contributed by atoms with Gasteiger partial charge in [0.2, 0.25) is 5.91 Å². The number of rotatable bonds is 4. The number of alkyl halides is 2. The number of fused-ring (bicyclic) bond motifs is 1.